The Kier molecular flexibility index (Phi) is 8.96. The normalized spacial score (nSPS) is 10.3. The van der Waals surface area contributed by atoms with Gasteiger partial charge in [-0.1, -0.05) is 39.5 Å². The number of nitrogens with one attached hydrogen (secondary N) is 2. The molecule has 0 atom stereocenters. The molecule has 0 aliphatic carbocycles. The average Bonchev–Trinajstić information content (AvgIpc) is 2.50. The van der Waals surface area contributed by atoms with Gasteiger partial charge in [0.25, 0.3) is 0 Å². The molecule has 4 heteroatoms. The zero-order chi connectivity index (χ0) is 16.2. The van der Waals surface area contributed by atoms with Gasteiger partial charge in [0.05, 0.1) is 0 Å². The molecule has 0 saturated heterocycles. The Labute approximate surface area is 133 Å². The van der Waals surface area contributed by atoms with Crippen LogP contribution in [-0.4, -0.2) is 11.8 Å². The van der Waals surface area contributed by atoms with Crippen LogP contribution in [0, 0.1) is 0 Å². The molecule has 0 aliphatic heterocycles. The van der Waals surface area contributed by atoms with Crippen LogP contribution in [-0.2, 0) is 9.59 Å². The van der Waals surface area contributed by atoms with E-state index in [1.54, 1.807) is 0 Å². The molecule has 22 heavy (non-hydrogen) atoms. The van der Waals surface area contributed by atoms with E-state index in [9.17, 15) is 9.59 Å². The van der Waals surface area contributed by atoms with E-state index >= 15 is 0 Å². The minimum Gasteiger partial charge on any atom is -0.326 e. The van der Waals surface area contributed by atoms with Crippen LogP contribution < -0.4 is 10.6 Å². The highest BCUT2D eigenvalue weighted by atomic mass is 16.2. The van der Waals surface area contributed by atoms with Crippen molar-refractivity contribution in [2.24, 2.45) is 0 Å². The molecule has 0 heterocycles. The Hall–Kier alpha value is -1.84. The van der Waals surface area contributed by atoms with E-state index in [4.69, 9.17) is 0 Å². The predicted molar refractivity (Wildman–Crippen MR) is 92.0 cm³/mol. The first-order valence-electron chi connectivity index (χ1n) is 8.35. The van der Waals surface area contributed by atoms with Crippen molar-refractivity contribution in [3.63, 3.8) is 0 Å². The fraction of sp³-hybridized carbons (Fsp3) is 0.556. The third-order valence-corrected chi connectivity index (χ3v) is 3.47. The number of amides is 2. The van der Waals surface area contributed by atoms with Gasteiger partial charge in [-0.25, -0.2) is 0 Å². The number of hydrogen-bond acceptors (Lipinski definition) is 2. The molecule has 0 unspecified atom stereocenters. The van der Waals surface area contributed by atoms with Crippen molar-refractivity contribution in [3.05, 3.63) is 24.3 Å². The number of anilines is 2. The van der Waals surface area contributed by atoms with Gasteiger partial charge in [0.15, 0.2) is 0 Å². The van der Waals surface area contributed by atoms with E-state index in [1.165, 1.54) is 0 Å². The predicted octanol–water partition coefficient (Wildman–Crippen LogP) is 4.72. The molecule has 0 radical (unpaired) electrons. The lowest BCUT2D eigenvalue weighted by Gasteiger charge is -2.08. The molecule has 1 rings (SSSR count). The van der Waals surface area contributed by atoms with Crippen LogP contribution in [0.2, 0.25) is 0 Å². The summed E-state index contributed by atoms with van der Waals surface area (Å²) in [6, 6.07) is 7.28. The molecule has 0 fully saturated rings. The Balaban J connectivity index is 2.36. The maximum absolute atomic E-state index is 11.7. The van der Waals surface area contributed by atoms with Gasteiger partial charge in [0.1, 0.15) is 0 Å². The molecule has 2 amide bonds. The van der Waals surface area contributed by atoms with Gasteiger partial charge in [-0.3, -0.25) is 9.59 Å². The van der Waals surface area contributed by atoms with Crippen LogP contribution in [0.15, 0.2) is 24.3 Å². The van der Waals surface area contributed by atoms with Crippen molar-refractivity contribution < 1.29 is 9.59 Å². The summed E-state index contributed by atoms with van der Waals surface area (Å²) >= 11 is 0. The number of unbranched alkanes of at least 4 members (excludes halogenated alkanes) is 4. The van der Waals surface area contributed by atoms with Crippen molar-refractivity contribution in [3.8, 4) is 0 Å². The van der Waals surface area contributed by atoms with Crippen LogP contribution in [0.25, 0.3) is 0 Å². The molecule has 0 bridgehead atoms. The van der Waals surface area contributed by atoms with Gasteiger partial charge in [0.2, 0.25) is 11.8 Å². The lowest BCUT2D eigenvalue weighted by Crippen LogP contribution is -2.12. The number of benzene rings is 1. The van der Waals surface area contributed by atoms with Gasteiger partial charge in [0, 0.05) is 24.2 Å². The number of hydrogen-bond donors (Lipinski definition) is 2. The van der Waals surface area contributed by atoms with Crippen LogP contribution >= 0.6 is 0 Å². The minimum atomic E-state index is 0.0461. The maximum atomic E-state index is 11.7. The minimum absolute atomic E-state index is 0.0461. The molecule has 0 aromatic heterocycles. The third-order valence-electron chi connectivity index (χ3n) is 3.47. The van der Waals surface area contributed by atoms with Crippen LogP contribution in [0.3, 0.4) is 0 Å². The van der Waals surface area contributed by atoms with Gasteiger partial charge in [-0.05, 0) is 37.1 Å². The van der Waals surface area contributed by atoms with Crippen LogP contribution in [0.1, 0.15) is 65.2 Å². The lowest BCUT2D eigenvalue weighted by atomic mass is 10.2. The maximum Gasteiger partial charge on any atom is 0.224 e. The molecule has 1 aromatic rings. The summed E-state index contributed by atoms with van der Waals surface area (Å²) in [7, 11) is 0. The molecule has 2 N–H and O–H groups in total. The standard InChI is InChI=1S/C18H28N2O2/c1-3-5-7-9-17(21)19-15-11-13-16(14-12-15)20-18(22)10-8-6-4-2/h11-14H,3-10H2,1-2H3,(H,19,21)(H,20,22). The summed E-state index contributed by atoms with van der Waals surface area (Å²) in [5, 5.41) is 5.74. The molecular weight excluding hydrogens is 276 g/mol. The quantitative estimate of drug-likeness (QED) is 0.614. The Bertz CT molecular complexity index is 412. The molecular formula is C18H28N2O2. The van der Waals surface area contributed by atoms with Gasteiger partial charge < -0.3 is 10.6 Å². The summed E-state index contributed by atoms with van der Waals surface area (Å²) in [5.41, 5.74) is 1.54. The number of rotatable bonds is 10. The second kappa shape index (κ2) is 10.8. The molecule has 0 spiro atoms. The third kappa shape index (κ3) is 7.81. The number of carbonyl (C=O) groups excluding carboxylic acids is 2. The van der Waals surface area contributed by atoms with Crippen molar-refractivity contribution in [1.29, 1.82) is 0 Å². The highest BCUT2D eigenvalue weighted by Crippen LogP contribution is 2.15. The zero-order valence-corrected chi connectivity index (χ0v) is 13.8. The molecule has 0 aliphatic rings. The largest absolute Gasteiger partial charge is 0.326 e. The molecule has 4 nitrogen and oxygen atoms in total. The lowest BCUT2D eigenvalue weighted by molar-refractivity contribution is -0.117. The monoisotopic (exact) mass is 304 g/mol. The highest BCUT2D eigenvalue weighted by Gasteiger charge is 2.04. The van der Waals surface area contributed by atoms with Gasteiger partial charge >= 0.3 is 0 Å². The fourth-order valence-electron chi connectivity index (χ4n) is 2.15. The first-order valence-corrected chi connectivity index (χ1v) is 8.35. The topological polar surface area (TPSA) is 58.2 Å². The van der Waals surface area contributed by atoms with Gasteiger partial charge in [-0.2, -0.15) is 0 Å². The van der Waals surface area contributed by atoms with E-state index in [0.717, 1.165) is 49.9 Å². The summed E-state index contributed by atoms with van der Waals surface area (Å²) in [6.45, 7) is 4.24. The molecule has 1 aromatic carbocycles. The SMILES string of the molecule is CCCCCC(=O)Nc1ccc(NC(=O)CCCCC)cc1. The second-order valence-corrected chi connectivity index (χ2v) is 5.59. The van der Waals surface area contributed by atoms with Crippen LogP contribution in [0.5, 0.6) is 0 Å². The average molecular weight is 304 g/mol. The van der Waals surface area contributed by atoms with E-state index < -0.39 is 0 Å². The smallest absolute Gasteiger partial charge is 0.224 e. The van der Waals surface area contributed by atoms with Crippen molar-refractivity contribution in [2.45, 2.75) is 65.2 Å². The summed E-state index contributed by atoms with van der Waals surface area (Å²) in [5.74, 6) is 0.0922. The summed E-state index contributed by atoms with van der Waals surface area (Å²) in [6.07, 6.45) is 7.35. The number of carbonyl (C=O) groups is 2. The summed E-state index contributed by atoms with van der Waals surface area (Å²) in [4.78, 5) is 23.4. The van der Waals surface area contributed by atoms with E-state index in [2.05, 4.69) is 24.5 Å². The van der Waals surface area contributed by atoms with E-state index in [0.29, 0.717) is 12.8 Å². The van der Waals surface area contributed by atoms with E-state index in [1.807, 2.05) is 24.3 Å². The second-order valence-electron chi connectivity index (χ2n) is 5.59. The van der Waals surface area contributed by atoms with Gasteiger partial charge in [-0.15, -0.1) is 0 Å². The van der Waals surface area contributed by atoms with Crippen molar-refractivity contribution >= 4 is 23.2 Å². The summed E-state index contributed by atoms with van der Waals surface area (Å²) < 4.78 is 0. The zero-order valence-electron chi connectivity index (χ0n) is 13.8. The fourth-order valence-corrected chi connectivity index (χ4v) is 2.15. The van der Waals surface area contributed by atoms with Crippen molar-refractivity contribution in [1.82, 2.24) is 0 Å². The first-order chi connectivity index (χ1) is 10.7. The Morgan fingerprint density at radius 3 is 1.41 bits per heavy atom. The molecule has 122 valence electrons. The highest BCUT2D eigenvalue weighted by molar-refractivity contribution is 5.92. The first kappa shape index (κ1) is 18.2. The van der Waals surface area contributed by atoms with Crippen molar-refractivity contribution in [2.75, 3.05) is 10.6 Å². The van der Waals surface area contributed by atoms with E-state index in [-0.39, 0.29) is 11.8 Å². The van der Waals surface area contributed by atoms with Crippen LogP contribution in [0.4, 0.5) is 11.4 Å². The molecule has 0 saturated carbocycles. The Morgan fingerprint density at radius 2 is 1.09 bits per heavy atom. The Morgan fingerprint density at radius 1 is 0.727 bits per heavy atom.